The lowest BCUT2D eigenvalue weighted by molar-refractivity contribution is 0.671. The van der Waals surface area contributed by atoms with Gasteiger partial charge in [-0.05, 0) is 10.4 Å². The van der Waals surface area contributed by atoms with Gasteiger partial charge in [-0.3, -0.25) is 5.10 Å². The van der Waals surface area contributed by atoms with E-state index in [0.29, 0.717) is 0 Å². The van der Waals surface area contributed by atoms with Crippen LogP contribution in [0.4, 0.5) is 0 Å². The monoisotopic (exact) mass is 137 g/mol. The highest BCUT2D eigenvalue weighted by Crippen LogP contribution is 1.84. The Morgan fingerprint density at radius 1 is 1.30 bits per heavy atom. The quantitative estimate of drug-likeness (QED) is 0.440. The van der Waals surface area contributed by atoms with Crippen LogP contribution in [-0.4, -0.2) is 35.8 Å². The normalized spacial score (nSPS) is 10.0. The molecule has 0 radical (unpaired) electrons. The zero-order chi connectivity index (χ0) is 6.81. The van der Waals surface area contributed by atoms with Gasteiger partial charge in [0.05, 0.1) is 0 Å². The molecule has 0 saturated carbocycles. The van der Waals surface area contributed by atoms with E-state index < -0.39 is 0 Å². The molecule has 10 heavy (non-hydrogen) atoms. The molecule has 50 valence electrons. The fraction of sp³-hybridized carbons (Fsp3) is 0. The molecule has 0 bridgehead atoms. The molecule has 0 aliphatic carbocycles. The molecule has 0 aliphatic rings. The molecule has 0 spiro atoms. The Bertz CT molecular complexity index is 247. The molecule has 0 fully saturated rings. The van der Waals surface area contributed by atoms with Crippen molar-refractivity contribution in [2.24, 2.45) is 0 Å². The first-order valence-electron chi connectivity index (χ1n) is 2.39. The summed E-state index contributed by atoms with van der Waals surface area (Å²) in [5.74, 6) is 0.269. The average Bonchev–Trinajstić information content (AvgIpc) is 2.59. The molecular weight excluding hydrogens is 136 g/mol. The van der Waals surface area contributed by atoms with E-state index in [-0.39, 0.29) is 5.95 Å². The fourth-order valence-electron chi connectivity index (χ4n) is 0.482. The third kappa shape index (κ3) is 0.623. The van der Waals surface area contributed by atoms with Crippen LogP contribution < -0.4 is 4.98 Å². The highest BCUT2D eigenvalue weighted by Gasteiger charge is 1.89. The fourth-order valence-corrected chi connectivity index (χ4v) is 0.482. The van der Waals surface area contributed by atoms with Crippen molar-refractivity contribution in [3.63, 3.8) is 0 Å². The Labute approximate surface area is 54.2 Å². The molecule has 0 aliphatic heterocycles. The molecule has 2 aromatic rings. The lowest BCUT2D eigenvalue weighted by atomic mass is 11.1. The maximum atomic E-state index is 3.69. The van der Waals surface area contributed by atoms with Crippen molar-refractivity contribution in [1.29, 1.82) is 0 Å². The molecular formula is C2HN8-. The third-order valence-corrected chi connectivity index (χ3v) is 0.840. The zero-order valence-electron chi connectivity index (χ0n) is 4.66. The van der Waals surface area contributed by atoms with Gasteiger partial charge in [0.2, 0.25) is 0 Å². The Morgan fingerprint density at radius 3 is 2.70 bits per heavy atom. The van der Waals surface area contributed by atoms with Gasteiger partial charge in [-0.1, -0.05) is 10.4 Å². The third-order valence-electron chi connectivity index (χ3n) is 0.840. The number of hydrogen-bond acceptors (Lipinski definition) is 6. The van der Waals surface area contributed by atoms with Gasteiger partial charge < -0.3 is 10.1 Å². The highest BCUT2D eigenvalue weighted by atomic mass is 15.7. The Kier molecular flexibility index (Phi) is 0.907. The highest BCUT2D eigenvalue weighted by molar-refractivity contribution is 4.96. The van der Waals surface area contributed by atoms with Crippen molar-refractivity contribution < 1.29 is 0 Å². The topological polar surface area (TPSA) is 96.4 Å². The summed E-state index contributed by atoms with van der Waals surface area (Å²) in [6.07, 6.45) is 1.29. The second kappa shape index (κ2) is 1.83. The summed E-state index contributed by atoms with van der Waals surface area (Å²) in [6.45, 7) is 0. The van der Waals surface area contributed by atoms with Crippen LogP contribution in [0.15, 0.2) is 6.33 Å². The minimum Gasteiger partial charge on any atom is -0.320 e. The summed E-state index contributed by atoms with van der Waals surface area (Å²) < 4.78 is 0. The summed E-state index contributed by atoms with van der Waals surface area (Å²) in [5, 5.41) is 20.3. The second-order valence-electron chi connectivity index (χ2n) is 1.41. The number of rotatable bonds is 1. The largest absolute Gasteiger partial charge is 0.320 e. The Morgan fingerprint density at radius 2 is 2.10 bits per heavy atom. The molecule has 8 heteroatoms. The Balaban J connectivity index is 2.48. The molecule has 8 nitrogen and oxygen atoms in total. The molecule has 0 aromatic carbocycles. The maximum Gasteiger partial charge on any atom is 0.123 e. The molecule has 2 rings (SSSR count). The average molecular weight is 137 g/mol. The van der Waals surface area contributed by atoms with Crippen LogP contribution >= 0.6 is 0 Å². The van der Waals surface area contributed by atoms with Crippen LogP contribution in [-0.2, 0) is 0 Å². The molecule has 0 amide bonds. The molecule has 0 atom stereocenters. The number of hydrogen-bond donors (Lipinski definition) is 0. The van der Waals surface area contributed by atoms with Gasteiger partial charge in [0.25, 0.3) is 0 Å². The van der Waals surface area contributed by atoms with Gasteiger partial charge in [-0.25, -0.2) is 0 Å². The molecule has 2 aromatic heterocycles. The maximum absolute atomic E-state index is 3.69. The van der Waals surface area contributed by atoms with Crippen molar-refractivity contribution in [3.8, 4) is 5.95 Å². The summed E-state index contributed by atoms with van der Waals surface area (Å²) in [7, 11) is 0. The van der Waals surface area contributed by atoms with E-state index in [1.54, 1.807) is 0 Å². The lowest BCUT2D eigenvalue weighted by Gasteiger charge is -1.92. The van der Waals surface area contributed by atoms with E-state index in [4.69, 9.17) is 0 Å². The summed E-state index contributed by atoms with van der Waals surface area (Å²) in [6, 6.07) is 0. The van der Waals surface area contributed by atoms with Gasteiger partial charge in [-0.15, -0.1) is 0 Å². The minimum absolute atomic E-state index is 0.269. The summed E-state index contributed by atoms with van der Waals surface area (Å²) in [4.78, 5) is 4.77. The lowest BCUT2D eigenvalue weighted by Crippen LogP contribution is -2.02. The van der Waals surface area contributed by atoms with Crippen molar-refractivity contribution >= 4 is 0 Å². The zero-order valence-corrected chi connectivity index (χ0v) is 4.66. The first kappa shape index (κ1) is 4.97. The van der Waals surface area contributed by atoms with E-state index >= 15 is 0 Å². The molecule has 0 N–H and O–H groups in total. The van der Waals surface area contributed by atoms with Crippen LogP contribution in [0, 0.1) is 0 Å². The van der Waals surface area contributed by atoms with Crippen LogP contribution in [0.1, 0.15) is 0 Å². The van der Waals surface area contributed by atoms with Crippen LogP contribution in [0.5, 0.6) is 0 Å². The molecule has 0 unspecified atom stereocenters. The van der Waals surface area contributed by atoms with E-state index in [0.717, 1.165) is 4.80 Å². The second-order valence-corrected chi connectivity index (χ2v) is 1.41. The van der Waals surface area contributed by atoms with Gasteiger partial charge in [-0.2, -0.15) is 4.80 Å². The van der Waals surface area contributed by atoms with Crippen LogP contribution in [0.2, 0.25) is 0 Å². The van der Waals surface area contributed by atoms with Crippen LogP contribution in [0.25, 0.3) is 5.95 Å². The van der Waals surface area contributed by atoms with Gasteiger partial charge in [0.15, 0.2) is 0 Å². The first-order valence-corrected chi connectivity index (χ1v) is 2.39. The van der Waals surface area contributed by atoms with E-state index in [1.165, 1.54) is 6.33 Å². The van der Waals surface area contributed by atoms with E-state index in [1.807, 2.05) is 0 Å². The number of aromatic nitrogens is 8. The van der Waals surface area contributed by atoms with Gasteiger partial charge in [0, 0.05) is 6.33 Å². The first-order chi connectivity index (χ1) is 4.97. The molecule has 0 saturated heterocycles. The van der Waals surface area contributed by atoms with Crippen molar-refractivity contribution in [2.45, 2.75) is 0 Å². The standard InChI is InChI=1S/C2HN8/c1-3-2(5-4-1)10-8-6-7-9-10/h1H/q-1. The summed E-state index contributed by atoms with van der Waals surface area (Å²) >= 11 is 0. The van der Waals surface area contributed by atoms with E-state index in [9.17, 15) is 0 Å². The van der Waals surface area contributed by atoms with Crippen molar-refractivity contribution in [1.82, 2.24) is 40.8 Å². The van der Waals surface area contributed by atoms with Crippen molar-refractivity contribution in [3.05, 3.63) is 6.33 Å². The minimum atomic E-state index is 0.269. The summed E-state index contributed by atoms with van der Waals surface area (Å²) in [5.41, 5.74) is 0. The van der Waals surface area contributed by atoms with Crippen LogP contribution in [0.3, 0.4) is 0 Å². The van der Waals surface area contributed by atoms with Gasteiger partial charge in [0.1, 0.15) is 5.95 Å². The van der Waals surface area contributed by atoms with Crippen molar-refractivity contribution in [2.75, 3.05) is 0 Å². The SMILES string of the molecule is c1nnc(-n2nnnn2)[n-]1. The molecule has 2 heterocycles. The smallest absolute Gasteiger partial charge is 0.123 e. The number of nitrogens with zero attached hydrogens (tertiary/aromatic N) is 8. The van der Waals surface area contributed by atoms with E-state index in [2.05, 4.69) is 36.0 Å². The predicted octanol–water partition coefficient (Wildman–Crippen LogP) is -2.20. The van der Waals surface area contributed by atoms with Gasteiger partial charge >= 0.3 is 0 Å². The Hall–Kier alpha value is -1.86. The predicted molar refractivity (Wildman–Crippen MR) is 25.9 cm³/mol.